The van der Waals surface area contributed by atoms with Crippen LogP contribution in [-0.4, -0.2) is 0 Å². The van der Waals surface area contributed by atoms with Crippen LogP contribution in [0.15, 0.2) is 65.3 Å². The number of hydrogen-bond donors (Lipinski definition) is 0. The predicted molar refractivity (Wildman–Crippen MR) is 153 cm³/mol. The highest BCUT2D eigenvalue weighted by Gasteiger charge is 2.59. The average Bonchev–Trinajstić information content (AvgIpc) is 2.76. The molecule has 0 amide bonds. The summed E-state index contributed by atoms with van der Waals surface area (Å²) in [5, 5.41) is 0. The fourth-order valence-corrected chi connectivity index (χ4v) is 9.36. The molecule has 0 heteroatoms. The Kier molecular flexibility index (Phi) is 5.60. The number of benzene rings is 1. The summed E-state index contributed by atoms with van der Waals surface area (Å²) in [7, 11) is 0. The highest BCUT2D eigenvalue weighted by Crippen LogP contribution is 2.70. The maximum Gasteiger partial charge on any atom is 0.0194 e. The summed E-state index contributed by atoms with van der Waals surface area (Å²) < 4.78 is 0. The SMILES string of the molecule is C=C(C)C1=C(C)C[C@@]2(C)C[C@@]3(C)Cc4c(C5CCCCC5)ccc(C)c4C(=C)C3=C(C)[C@@]2(C)C1=C. The summed E-state index contributed by atoms with van der Waals surface area (Å²) in [6.45, 7) is 30.7. The molecule has 0 radical (unpaired) electrons. The molecule has 0 aliphatic heterocycles. The van der Waals surface area contributed by atoms with Crippen LogP contribution in [0.4, 0.5) is 0 Å². The van der Waals surface area contributed by atoms with E-state index in [1.807, 2.05) is 0 Å². The number of allylic oxidation sites excluding steroid dienone is 7. The smallest absolute Gasteiger partial charge is 0.0194 e. The van der Waals surface area contributed by atoms with Gasteiger partial charge in [-0.05, 0) is 121 Å². The largest absolute Gasteiger partial charge is 0.0955 e. The van der Waals surface area contributed by atoms with Gasteiger partial charge in [-0.15, -0.1) is 0 Å². The molecule has 186 valence electrons. The van der Waals surface area contributed by atoms with Crippen LogP contribution < -0.4 is 0 Å². The van der Waals surface area contributed by atoms with Gasteiger partial charge in [0.1, 0.15) is 0 Å². The molecule has 4 aliphatic carbocycles. The van der Waals surface area contributed by atoms with E-state index in [1.165, 1.54) is 83.1 Å². The van der Waals surface area contributed by atoms with Crippen LogP contribution in [0.3, 0.4) is 0 Å². The molecule has 0 unspecified atom stereocenters. The summed E-state index contributed by atoms with van der Waals surface area (Å²) >= 11 is 0. The molecule has 0 saturated heterocycles. The molecule has 0 bridgehead atoms. The van der Waals surface area contributed by atoms with Gasteiger partial charge in [-0.2, -0.15) is 0 Å². The maximum atomic E-state index is 4.85. The van der Waals surface area contributed by atoms with Crippen molar-refractivity contribution >= 4 is 5.57 Å². The summed E-state index contributed by atoms with van der Waals surface area (Å²) in [5.41, 5.74) is 15.8. The molecule has 0 aromatic heterocycles. The Bertz CT molecular complexity index is 1220. The Morgan fingerprint density at radius 1 is 0.943 bits per heavy atom. The Morgan fingerprint density at radius 3 is 2.23 bits per heavy atom. The van der Waals surface area contributed by atoms with Gasteiger partial charge in [0.15, 0.2) is 0 Å². The van der Waals surface area contributed by atoms with Gasteiger partial charge in [0.2, 0.25) is 0 Å². The molecular weight excluding hydrogens is 420 g/mol. The van der Waals surface area contributed by atoms with Crippen LogP contribution in [-0.2, 0) is 6.42 Å². The molecule has 3 atom stereocenters. The zero-order valence-corrected chi connectivity index (χ0v) is 23.5. The van der Waals surface area contributed by atoms with Crippen molar-refractivity contribution in [3.8, 4) is 0 Å². The van der Waals surface area contributed by atoms with E-state index in [2.05, 4.69) is 67.2 Å². The van der Waals surface area contributed by atoms with Gasteiger partial charge in [0.05, 0.1) is 0 Å². The number of hydrogen-bond acceptors (Lipinski definition) is 0. The first-order chi connectivity index (χ1) is 16.4. The van der Waals surface area contributed by atoms with Crippen molar-refractivity contribution in [1.82, 2.24) is 0 Å². The van der Waals surface area contributed by atoms with E-state index in [1.54, 1.807) is 11.1 Å². The lowest BCUT2D eigenvalue weighted by Crippen LogP contribution is -2.52. The molecule has 35 heavy (non-hydrogen) atoms. The zero-order chi connectivity index (χ0) is 25.5. The lowest BCUT2D eigenvalue weighted by Gasteiger charge is -2.62. The lowest BCUT2D eigenvalue weighted by atomic mass is 9.41. The summed E-state index contributed by atoms with van der Waals surface area (Å²) in [5.74, 6) is 0.725. The van der Waals surface area contributed by atoms with Crippen LogP contribution in [0.2, 0.25) is 0 Å². The van der Waals surface area contributed by atoms with Crippen LogP contribution in [0.1, 0.15) is 115 Å². The zero-order valence-electron chi connectivity index (χ0n) is 23.5. The van der Waals surface area contributed by atoms with Gasteiger partial charge >= 0.3 is 0 Å². The topological polar surface area (TPSA) is 0 Å². The third-order valence-corrected chi connectivity index (χ3v) is 10.9. The fourth-order valence-electron chi connectivity index (χ4n) is 9.36. The molecule has 4 aliphatic rings. The Hall–Kier alpha value is -2.08. The minimum absolute atomic E-state index is 0.0784. The van der Waals surface area contributed by atoms with E-state index in [0.29, 0.717) is 0 Å². The molecule has 5 rings (SSSR count). The van der Waals surface area contributed by atoms with Crippen LogP contribution >= 0.6 is 0 Å². The maximum absolute atomic E-state index is 4.85. The minimum Gasteiger partial charge on any atom is -0.0955 e. The van der Waals surface area contributed by atoms with Gasteiger partial charge in [-0.3, -0.25) is 0 Å². The van der Waals surface area contributed by atoms with Gasteiger partial charge in [0, 0.05) is 5.41 Å². The van der Waals surface area contributed by atoms with Crippen molar-refractivity contribution in [3.63, 3.8) is 0 Å². The molecule has 0 heterocycles. The van der Waals surface area contributed by atoms with Crippen molar-refractivity contribution in [3.05, 3.63) is 87.6 Å². The third-order valence-electron chi connectivity index (χ3n) is 10.9. The second-order valence-electron chi connectivity index (χ2n) is 13.3. The van der Waals surface area contributed by atoms with Crippen molar-refractivity contribution in [1.29, 1.82) is 0 Å². The number of fused-ring (bicyclic) bond motifs is 3. The second-order valence-corrected chi connectivity index (χ2v) is 13.3. The second kappa shape index (κ2) is 7.96. The van der Waals surface area contributed by atoms with Crippen molar-refractivity contribution in [2.75, 3.05) is 0 Å². The van der Waals surface area contributed by atoms with Gasteiger partial charge in [-0.25, -0.2) is 0 Å². The monoisotopic (exact) mass is 466 g/mol. The number of rotatable bonds is 2. The highest BCUT2D eigenvalue weighted by molar-refractivity contribution is 5.87. The average molecular weight is 467 g/mol. The Morgan fingerprint density at radius 2 is 1.60 bits per heavy atom. The molecule has 1 aromatic rings. The predicted octanol–water partition coefficient (Wildman–Crippen LogP) is 10.2. The van der Waals surface area contributed by atoms with E-state index in [4.69, 9.17) is 13.2 Å². The fraction of sp³-hybridized carbons (Fsp3) is 0.543. The Balaban J connectivity index is 1.73. The van der Waals surface area contributed by atoms with Crippen molar-refractivity contribution in [2.45, 2.75) is 106 Å². The first-order valence-corrected chi connectivity index (χ1v) is 13.9. The summed E-state index contributed by atoms with van der Waals surface area (Å²) in [6, 6.07) is 4.86. The van der Waals surface area contributed by atoms with Crippen LogP contribution in [0, 0.1) is 23.2 Å². The molecule has 0 nitrogen and oxygen atoms in total. The van der Waals surface area contributed by atoms with E-state index in [-0.39, 0.29) is 16.2 Å². The molecular formula is C35H46. The third kappa shape index (κ3) is 3.24. The quantitative estimate of drug-likeness (QED) is 0.406. The molecule has 1 fully saturated rings. The molecule has 0 spiro atoms. The summed E-state index contributed by atoms with van der Waals surface area (Å²) in [6.07, 6.45) is 10.3. The Labute approximate surface area is 215 Å². The van der Waals surface area contributed by atoms with E-state index in [9.17, 15) is 0 Å². The highest BCUT2D eigenvalue weighted by atomic mass is 14.6. The van der Waals surface area contributed by atoms with E-state index in [0.717, 1.165) is 24.3 Å². The van der Waals surface area contributed by atoms with Gasteiger partial charge in [-0.1, -0.05) is 88.6 Å². The van der Waals surface area contributed by atoms with E-state index < -0.39 is 0 Å². The first-order valence-electron chi connectivity index (χ1n) is 13.9. The van der Waals surface area contributed by atoms with Crippen molar-refractivity contribution in [2.24, 2.45) is 16.2 Å². The minimum atomic E-state index is -0.0784. The van der Waals surface area contributed by atoms with Crippen molar-refractivity contribution < 1.29 is 0 Å². The standard InChI is InChI=1S/C35H46/c1-21(2)30-23(4)18-34(9)20-33(8)19-29-28(27-14-12-11-13-15-27)17-16-22(3)31(29)24(5)32(33)26(7)35(34,10)25(30)6/h16-17,27H,1,5-6,11-15,18-20H2,2-4,7-10H3/t33-,34+,35-/m1/s1. The lowest BCUT2D eigenvalue weighted by molar-refractivity contribution is 0.0542. The van der Waals surface area contributed by atoms with Crippen LogP contribution in [0.5, 0.6) is 0 Å². The molecule has 0 N–H and O–H groups in total. The number of aryl methyl sites for hydroxylation is 1. The summed E-state index contributed by atoms with van der Waals surface area (Å²) in [4.78, 5) is 0. The first kappa shape index (κ1) is 24.6. The van der Waals surface area contributed by atoms with Gasteiger partial charge < -0.3 is 0 Å². The van der Waals surface area contributed by atoms with E-state index >= 15 is 0 Å². The molecule has 1 aromatic carbocycles. The molecule has 1 saturated carbocycles. The normalized spacial score (nSPS) is 33.5. The van der Waals surface area contributed by atoms with Crippen LogP contribution in [0.25, 0.3) is 5.57 Å². The van der Waals surface area contributed by atoms with Gasteiger partial charge in [0.25, 0.3) is 0 Å².